The first kappa shape index (κ1) is 10.9. The van der Waals surface area contributed by atoms with Gasteiger partial charge in [-0.05, 0) is 18.8 Å². The minimum Gasteiger partial charge on any atom is -0.550 e. The molecule has 0 aliphatic rings. The molecule has 0 aromatic heterocycles. The number of hydrogen-bond acceptors (Lipinski definition) is 3. The van der Waals surface area contributed by atoms with Crippen molar-refractivity contribution in [3.05, 3.63) is 0 Å². The molecule has 4 heteroatoms. The number of aliphatic carboxylic acids is 1. The van der Waals surface area contributed by atoms with Gasteiger partial charge in [0.15, 0.2) is 0 Å². The fourth-order valence-electron chi connectivity index (χ4n) is 0.972. The molecule has 0 spiro atoms. The smallest absolute Gasteiger partial charge is 0.220 e. The highest BCUT2D eigenvalue weighted by molar-refractivity contribution is 5.77. The van der Waals surface area contributed by atoms with Crippen LogP contribution < -0.4 is 10.8 Å². The van der Waals surface area contributed by atoms with Crippen LogP contribution in [0.3, 0.4) is 0 Å². The molecule has 0 aliphatic heterocycles. The highest BCUT2D eigenvalue weighted by atomic mass is 16.4. The first-order valence-corrected chi connectivity index (χ1v) is 3.99. The van der Waals surface area contributed by atoms with Gasteiger partial charge in [-0.15, -0.1) is 0 Å². The Bertz CT molecular complexity index is 179. The topological polar surface area (TPSA) is 83.2 Å². The summed E-state index contributed by atoms with van der Waals surface area (Å²) in [4.78, 5) is 21.0. The van der Waals surface area contributed by atoms with E-state index in [1.54, 1.807) is 13.8 Å². The summed E-state index contributed by atoms with van der Waals surface area (Å²) in [6, 6.07) is 0. The lowest BCUT2D eigenvalue weighted by Crippen LogP contribution is -2.34. The van der Waals surface area contributed by atoms with Crippen molar-refractivity contribution in [3.8, 4) is 0 Å². The van der Waals surface area contributed by atoms with Crippen LogP contribution in [0.4, 0.5) is 0 Å². The number of nitrogens with two attached hydrogens (primary N) is 1. The van der Waals surface area contributed by atoms with Crippen molar-refractivity contribution in [2.24, 2.45) is 17.6 Å². The Labute approximate surface area is 71.8 Å². The van der Waals surface area contributed by atoms with Crippen molar-refractivity contribution in [1.29, 1.82) is 0 Å². The van der Waals surface area contributed by atoms with Crippen LogP contribution in [-0.4, -0.2) is 11.9 Å². The quantitative estimate of drug-likeness (QED) is 0.593. The summed E-state index contributed by atoms with van der Waals surface area (Å²) in [5.74, 6) is -2.53. The predicted octanol–water partition coefficient (Wildman–Crippen LogP) is -0.726. The van der Waals surface area contributed by atoms with Crippen LogP contribution in [0.15, 0.2) is 0 Å². The number of carbonyl (C=O) groups is 2. The van der Waals surface area contributed by atoms with Crippen molar-refractivity contribution < 1.29 is 14.7 Å². The van der Waals surface area contributed by atoms with Gasteiger partial charge in [0.05, 0.1) is 0 Å². The number of carboxylic acid groups (broad SMARTS) is 1. The molecule has 0 aliphatic carbocycles. The van der Waals surface area contributed by atoms with Gasteiger partial charge in [-0.1, -0.05) is 13.8 Å². The SMILES string of the molecule is CCC(CC(C)C(N)=O)C(=O)[O-]. The summed E-state index contributed by atoms with van der Waals surface area (Å²) < 4.78 is 0. The number of rotatable bonds is 5. The molecule has 2 atom stereocenters. The van der Waals surface area contributed by atoms with Gasteiger partial charge >= 0.3 is 0 Å². The Kier molecular flexibility index (Phi) is 4.33. The molecule has 0 heterocycles. The molecule has 2 unspecified atom stereocenters. The first-order chi connectivity index (χ1) is 5.49. The summed E-state index contributed by atoms with van der Waals surface area (Å²) in [6.45, 7) is 3.36. The van der Waals surface area contributed by atoms with Crippen molar-refractivity contribution >= 4 is 11.9 Å². The van der Waals surface area contributed by atoms with E-state index in [-0.39, 0.29) is 6.42 Å². The highest BCUT2D eigenvalue weighted by Crippen LogP contribution is 2.14. The van der Waals surface area contributed by atoms with Crippen molar-refractivity contribution in [2.45, 2.75) is 26.7 Å². The summed E-state index contributed by atoms with van der Waals surface area (Å²) in [5, 5.41) is 10.4. The van der Waals surface area contributed by atoms with Crippen molar-refractivity contribution in [1.82, 2.24) is 0 Å². The van der Waals surface area contributed by atoms with E-state index in [1.807, 2.05) is 0 Å². The number of amides is 1. The van der Waals surface area contributed by atoms with Crippen LogP contribution >= 0.6 is 0 Å². The minimum absolute atomic E-state index is 0.272. The van der Waals surface area contributed by atoms with Gasteiger partial charge in [0.2, 0.25) is 5.91 Å². The van der Waals surface area contributed by atoms with Gasteiger partial charge in [-0.2, -0.15) is 0 Å². The molecule has 70 valence electrons. The van der Waals surface area contributed by atoms with Gasteiger partial charge in [-0.25, -0.2) is 0 Å². The second kappa shape index (κ2) is 4.74. The summed E-state index contributed by atoms with van der Waals surface area (Å²) in [5.41, 5.74) is 4.99. The van der Waals surface area contributed by atoms with Crippen LogP contribution in [-0.2, 0) is 9.59 Å². The van der Waals surface area contributed by atoms with Gasteiger partial charge in [0.1, 0.15) is 0 Å². The molecular formula is C8H14NO3-. The van der Waals surface area contributed by atoms with E-state index in [0.29, 0.717) is 6.42 Å². The third-order valence-corrected chi connectivity index (χ3v) is 1.95. The Hall–Kier alpha value is -1.06. The third-order valence-electron chi connectivity index (χ3n) is 1.95. The van der Waals surface area contributed by atoms with E-state index in [9.17, 15) is 14.7 Å². The molecule has 0 bridgehead atoms. The van der Waals surface area contributed by atoms with E-state index in [4.69, 9.17) is 5.73 Å². The highest BCUT2D eigenvalue weighted by Gasteiger charge is 2.15. The number of hydrogen-bond donors (Lipinski definition) is 1. The lowest BCUT2D eigenvalue weighted by atomic mass is 9.93. The molecule has 0 radical (unpaired) electrons. The maximum absolute atomic E-state index is 10.6. The Balaban J connectivity index is 4.02. The average molecular weight is 172 g/mol. The fourth-order valence-corrected chi connectivity index (χ4v) is 0.972. The zero-order chi connectivity index (χ0) is 9.72. The lowest BCUT2D eigenvalue weighted by Gasteiger charge is -2.18. The molecule has 0 saturated carbocycles. The third kappa shape index (κ3) is 3.37. The van der Waals surface area contributed by atoms with Crippen molar-refractivity contribution in [2.75, 3.05) is 0 Å². The molecular weight excluding hydrogens is 158 g/mol. The van der Waals surface area contributed by atoms with Crippen LogP contribution in [0.5, 0.6) is 0 Å². The monoisotopic (exact) mass is 172 g/mol. The number of primary amides is 1. The average Bonchev–Trinajstić information content (AvgIpc) is 1.98. The molecule has 0 aromatic rings. The van der Waals surface area contributed by atoms with E-state index >= 15 is 0 Å². The Morgan fingerprint density at radius 1 is 1.50 bits per heavy atom. The Morgan fingerprint density at radius 3 is 2.25 bits per heavy atom. The molecule has 0 fully saturated rings. The normalized spacial score (nSPS) is 15.2. The maximum atomic E-state index is 10.6. The second-order valence-electron chi connectivity index (χ2n) is 2.96. The van der Waals surface area contributed by atoms with E-state index in [0.717, 1.165) is 0 Å². The van der Waals surface area contributed by atoms with Crippen LogP contribution in [0, 0.1) is 11.8 Å². The lowest BCUT2D eigenvalue weighted by molar-refractivity contribution is -0.312. The van der Waals surface area contributed by atoms with E-state index < -0.39 is 23.7 Å². The minimum atomic E-state index is -1.11. The summed E-state index contributed by atoms with van der Waals surface area (Å²) >= 11 is 0. The van der Waals surface area contributed by atoms with E-state index in [2.05, 4.69) is 0 Å². The molecule has 12 heavy (non-hydrogen) atoms. The summed E-state index contributed by atoms with van der Waals surface area (Å²) in [6.07, 6.45) is 0.744. The van der Waals surface area contributed by atoms with Gasteiger partial charge in [0, 0.05) is 11.9 Å². The molecule has 0 rings (SSSR count). The molecule has 0 saturated heterocycles. The standard InChI is InChI=1S/C8H15NO3/c1-3-6(8(11)12)4-5(2)7(9)10/h5-6H,3-4H2,1-2H3,(H2,9,10)(H,11,12)/p-1. The van der Waals surface area contributed by atoms with Crippen LogP contribution in [0.2, 0.25) is 0 Å². The maximum Gasteiger partial charge on any atom is 0.220 e. The molecule has 1 amide bonds. The largest absolute Gasteiger partial charge is 0.550 e. The first-order valence-electron chi connectivity index (χ1n) is 3.99. The van der Waals surface area contributed by atoms with Gasteiger partial charge < -0.3 is 15.6 Å². The van der Waals surface area contributed by atoms with Gasteiger partial charge in [-0.3, -0.25) is 4.79 Å². The zero-order valence-electron chi connectivity index (χ0n) is 7.37. The van der Waals surface area contributed by atoms with Crippen LogP contribution in [0.25, 0.3) is 0 Å². The van der Waals surface area contributed by atoms with Crippen LogP contribution in [0.1, 0.15) is 26.7 Å². The zero-order valence-corrected chi connectivity index (χ0v) is 7.37. The molecule has 2 N–H and O–H groups in total. The second-order valence-corrected chi connectivity index (χ2v) is 2.96. The van der Waals surface area contributed by atoms with E-state index in [1.165, 1.54) is 0 Å². The summed E-state index contributed by atoms with van der Waals surface area (Å²) in [7, 11) is 0. The molecule has 4 nitrogen and oxygen atoms in total. The fraction of sp³-hybridized carbons (Fsp3) is 0.750. The number of carboxylic acids is 1. The van der Waals surface area contributed by atoms with Crippen molar-refractivity contribution in [3.63, 3.8) is 0 Å². The Morgan fingerprint density at radius 2 is 2.00 bits per heavy atom. The molecule has 0 aromatic carbocycles. The predicted molar refractivity (Wildman–Crippen MR) is 41.8 cm³/mol. The number of carbonyl (C=O) groups excluding carboxylic acids is 2. The van der Waals surface area contributed by atoms with Gasteiger partial charge in [0.25, 0.3) is 0 Å².